The lowest BCUT2D eigenvalue weighted by atomic mass is 10.00. The van der Waals surface area contributed by atoms with E-state index in [2.05, 4.69) is 31.3 Å². The van der Waals surface area contributed by atoms with Crippen LogP contribution in [0.15, 0.2) is 132 Å². The summed E-state index contributed by atoms with van der Waals surface area (Å²) in [6, 6.07) is 20.6. The molecule has 3 aliphatic rings. The summed E-state index contributed by atoms with van der Waals surface area (Å²) < 4.78 is 9.07. The van der Waals surface area contributed by atoms with Crippen molar-refractivity contribution < 1.29 is 14.9 Å². The van der Waals surface area contributed by atoms with Gasteiger partial charge in [0.15, 0.2) is 0 Å². The molecule has 8 aromatic rings. The van der Waals surface area contributed by atoms with E-state index in [4.69, 9.17) is 14.7 Å². The third kappa shape index (κ3) is 4.14. The molecule has 1 fully saturated rings. The second-order valence-electron chi connectivity index (χ2n) is 13.0. The molecule has 1 saturated heterocycles. The number of fused-ring (bicyclic) bond motifs is 8. The van der Waals surface area contributed by atoms with Gasteiger partial charge in [-0.25, -0.2) is 15.8 Å². The number of aromatic hydroxyl groups is 2. The van der Waals surface area contributed by atoms with Crippen LogP contribution in [0.2, 0.25) is 0 Å². The third-order valence-electron chi connectivity index (χ3n) is 10.1. The lowest BCUT2D eigenvalue weighted by molar-refractivity contribution is 0.0388. The molecule has 1 aliphatic carbocycles. The zero-order valence-corrected chi connectivity index (χ0v) is 27.2. The van der Waals surface area contributed by atoms with Gasteiger partial charge < -0.3 is 10.2 Å². The van der Waals surface area contributed by atoms with E-state index in [9.17, 15) is 19.8 Å². The number of hydrogen-bond acceptors (Lipinski definition) is 13. The van der Waals surface area contributed by atoms with Crippen molar-refractivity contribution in [1.29, 1.82) is 0 Å². The van der Waals surface area contributed by atoms with Crippen LogP contribution in [-0.2, 0) is 4.74 Å². The number of ether oxygens (including phenoxy) is 1. The lowest BCUT2D eigenvalue weighted by Crippen LogP contribution is -2.34. The van der Waals surface area contributed by atoms with Gasteiger partial charge in [-0.15, -0.1) is 20.5 Å². The molecule has 11 rings (SSSR count). The number of azo groups is 2. The fourth-order valence-corrected chi connectivity index (χ4v) is 7.87. The number of hydrazine groups is 1. The minimum absolute atomic E-state index is 0.138. The van der Waals surface area contributed by atoms with Gasteiger partial charge in [0.25, 0.3) is 11.1 Å². The molecular formula is C38H24N10O5. The number of pyridine rings is 2. The molecule has 0 spiro atoms. The number of allylic oxidation sites excluding steroid dienone is 2. The number of rotatable bonds is 4. The highest BCUT2D eigenvalue weighted by molar-refractivity contribution is 6.19. The van der Waals surface area contributed by atoms with E-state index >= 15 is 0 Å². The molecule has 2 aliphatic heterocycles. The van der Waals surface area contributed by atoms with Crippen LogP contribution in [0.1, 0.15) is 6.04 Å². The Morgan fingerprint density at radius 2 is 1.32 bits per heavy atom. The Balaban J connectivity index is 0.920. The van der Waals surface area contributed by atoms with Crippen molar-refractivity contribution in [3.05, 3.63) is 123 Å². The van der Waals surface area contributed by atoms with Crippen LogP contribution in [0.4, 0.5) is 11.4 Å². The number of hydrogen-bond donors (Lipinski definition) is 4. The third-order valence-corrected chi connectivity index (χ3v) is 10.1. The number of imidazole rings is 1. The van der Waals surface area contributed by atoms with Crippen LogP contribution >= 0.6 is 0 Å². The van der Waals surface area contributed by atoms with Crippen molar-refractivity contribution in [1.82, 2.24) is 24.8 Å². The van der Waals surface area contributed by atoms with Gasteiger partial charge in [-0.2, -0.15) is 0 Å². The number of phenols is 2. The summed E-state index contributed by atoms with van der Waals surface area (Å²) in [6.07, 6.45) is 5.67. The molecule has 0 bridgehead atoms. The van der Waals surface area contributed by atoms with Crippen molar-refractivity contribution in [3.63, 3.8) is 0 Å². The molecule has 0 amide bonds. The van der Waals surface area contributed by atoms with E-state index in [-0.39, 0.29) is 46.1 Å². The molecule has 5 heterocycles. The predicted octanol–water partition coefficient (Wildman–Crippen LogP) is 5.42. The number of para-hydroxylation sites is 2. The fraction of sp³-hybridized carbons (Fsp3) is 0.105. The summed E-state index contributed by atoms with van der Waals surface area (Å²) in [7, 11) is 0. The summed E-state index contributed by atoms with van der Waals surface area (Å²) >= 11 is 0. The highest BCUT2D eigenvalue weighted by atomic mass is 16.6. The quantitative estimate of drug-likeness (QED) is 0.175. The van der Waals surface area contributed by atoms with Crippen molar-refractivity contribution in [2.45, 2.75) is 24.8 Å². The first kappa shape index (κ1) is 29.8. The number of phenolic OH excluding ortho intramolecular Hbond substituents is 2. The van der Waals surface area contributed by atoms with Gasteiger partial charge >= 0.3 is 0 Å². The van der Waals surface area contributed by atoms with Gasteiger partial charge in [-0.1, -0.05) is 60.7 Å². The lowest BCUT2D eigenvalue weighted by Gasteiger charge is -2.17. The van der Waals surface area contributed by atoms with Crippen molar-refractivity contribution in [3.8, 4) is 11.5 Å². The topological polar surface area (TPSA) is 192 Å². The molecule has 3 aromatic heterocycles. The van der Waals surface area contributed by atoms with Crippen molar-refractivity contribution >= 4 is 71.1 Å². The van der Waals surface area contributed by atoms with Crippen LogP contribution in [0.25, 0.3) is 59.8 Å². The maximum Gasteiger partial charge on any atom is 0.264 e. The molecule has 15 nitrogen and oxygen atoms in total. The molecule has 0 saturated carbocycles. The molecular weight excluding hydrogens is 676 g/mol. The molecule has 4 unspecified atom stereocenters. The van der Waals surface area contributed by atoms with Gasteiger partial charge in [0.05, 0.1) is 23.1 Å². The molecule has 4 N–H and O–H groups in total. The molecule has 4 atom stereocenters. The Morgan fingerprint density at radius 3 is 2.06 bits per heavy atom. The van der Waals surface area contributed by atoms with E-state index < -0.39 is 12.7 Å². The maximum absolute atomic E-state index is 13.7. The Bertz CT molecular complexity index is 3220. The first-order chi connectivity index (χ1) is 25.9. The predicted molar refractivity (Wildman–Crippen MR) is 196 cm³/mol. The monoisotopic (exact) mass is 700 g/mol. The summed E-state index contributed by atoms with van der Waals surface area (Å²) in [5.74, 6) is -0.292. The highest BCUT2D eigenvalue weighted by Crippen LogP contribution is 2.42. The normalized spacial score (nSPS) is 21.1. The van der Waals surface area contributed by atoms with E-state index in [1.165, 1.54) is 0 Å². The van der Waals surface area contributed by atoms with Crippen molar-refractivity contribution in [2.75, 3.05) is 0 Å². The first-order valence-electron chi connectivity index (χ1n) is 16.8. The van der Waals surface area contributed by atoms with E-state index in [1.54, 1.807) is 57.5 Å². The standard InChI is InChI=1S/C38H24N10O5/c49-27-15-21-29-17(7-5-9-19(29)35(51)47-25-13-3-1-11-23(25)39-33(21)47)31(27)41-43-37-45-46-38(53-37)44-42-32-18-8-6-10-20-30(18)22(16-28(32)50)34-40-24-12-2-4-14-26(24)48(34)36(20)52/h1-16,23,25,37-38,45-46,49-50H. The molecule has 15 heteroatoms. The second-order valence-corrected chi connectivity index (χ2v) is 13.0. The number of benzene rings is 5. The van der Waals surface area contributed by atoms with Crippen LogP contribution in [-0.4, -0.2) is 42.9 Å². The van der Waals surface area contributed by atoms with Crippen LogP contribution in [0, 0.1) is 0 Å². The average Bonchev–Trinajstić information content (AvgIpc) is 3.91. The van der Waals surface area contributed by atoms with Gasteiger partial charge in [0, 0.05) is 43.1 Å². The van der Waals surface area contributed by atoms with Crippen LogP contribution in [0.3, 0.4) is 0 Å². The number of nitrogens with zero attached hydrogens (tertiary/aromatic N) is 8. The van der Waals surface area contributed by atoms with Gasteiger partial charge in [-0.05, 0) is 36.4 Å². The maximum atomic E-state index is 13.7. The van der Waals surface area contributed by atoms with Crippen LogP contribution in [0.5, 0.6) is 11.5 Å². The average molecular weight is 701 g/mol. The zero-order valence-electron chi connectivity index (χ0n) is 27.2. The second kappa shape index (κ2) is 10.8. The highest BCUT2D eigenvalue weighted by Gasteiger charge is 2.31. The van der Waals surface area contributed by atoms with E-state index in [0.717, 1.165) is 0 Å². The summed E-state index contributed by atoms with van der Waals surface area (Å²) in [4.78, 5) is 36.9. The molecule has 5 aromatic carbocycles. The minimum atomic E-state index is -1.03. The summed E-state index contributed by atoms with van der Waals surface area (Å²) in [5, 5.41) is 44.0. The van der Waals surface area contributed by atoms with Crippen molar-refractivity contribution in [2.24, 2.45) is 25.4 Å². The van der Waals surface area contributed by atoms with Gasteiger partial charge in [0.1, 0.15) is 34.0 Å². The molecule has 0 radical (unpaired) electrons. The zero-order chi connectivity index (χ0) is 35.5. The van der Waals surface area contributed by atoms with E-state index in [1.807, 2.05) is 48.6 Å². The Morgan fingerprint density at radius 1 is 0.698 bits per heavy atom. The van der Waals surface area contributed by atoms with Crippen LogP contribution < -0.4 is 27.5 Å². The van der Waals surface area contributed by atoms with Gasteiger partial charge in [0.2, 0.25) is 12.7 Å². The van der Waals surface area contributed by atoms with E-state index in [0.29, 0.717) is 65.3 Å². The largest absolute Gasteiger partial charge is 0.506 e. The Labute approximate surface area is 295 Å². The Kier molecular flexibility index (Phi) is 6.06. The smallest absolute Gasteiger partial charge is 0.264 e. The SMILES string of the molecule is O=c1c2cccc3c(N=NC4NNC(N=Nc5c(O)cc6c7c5cccc7c(=O)n5c7ccccc7nc65)O4)c(O)cc(c4n1C1C=CC=CC1N=4)c32. The number of nitrogens with one attached hydrogen (secondary N) is 2. The first-order valence-corrected chi connectivity index (χ1v) is 16.8. The molecule has 53 heavy (non-hydrogen) atoms. The summed E-state index contributed by atoms with van der Waals surface area (Å²) in [5.41, 5.74) is 7.87. The Hall–Kier alpha value is -6.94. The number of aromatic nitrogens is 3. The summed E-state index contributed by atoms with van der Waals surface area (Å²) in [6.45, 7) is 0. The van der Waals surface area contributed by atoms with Gasteiger partial charge in [-0.3, -0.25) is 28.3 Å². The molecule has 256 valence electrons. The fourth-order valence-electron chi connectivity index (χ4n) is 7.87. The minimum Gasteiger partial charge on any atom is -0.506 e.